The minimum Gasteiger partial charge on any atom is -0.462 e. The first-order chi connectivity index (χ1) is 8.71. The zero-order valence-electron chi connectivity index (χ0n) is 12.9. The molecule has 0 aliphatic carbocycles. The maximum atomic E-state index is 12.2. The Hall–Kier alpha value is -0.610. The number of rotatable bonds is 4. The zero-order valence-corrected chi connectivity index (χ0v) is 12.9. The molecule has 0 aromatic carbocycles. The lowest BCUT2D eigenvalue weighted by atomic mass is 9.84. The predicted molar refractivity (Wildman–Crippen MR) is 75.7 cm³/mol. The molecule has 0 radical (unpaired) electrons. The number of ether oxygens (including phenoxy) is 2. The van der Waals surface area contributed by atoms with Crippen molar-refractivity contribution >= 4 is 5.97 Å². The van der Waals surface area contributed by atoms with Crippen molar-refractivity contribution in [2.45, 2.75) is 72.2 Å². The van der Waals surface area contributed by atoms with Crippen molar-refractivity contribution in [2.24, 2.45) is 17.1 Å². The van der Waals surface area contributed by atoms with Crippen LogP contribution >= 0.6 is 0 Å². The van der Waals surface area contributed by atoms with Crippen molar-refractivity contribution in [1.82, 2.24) is 0 Å². The molecule has 19 heavy (non-hydrogen) atoms. The Balaban J connectivity index is 2.52. The fourth-order valence-corrected chi connectivity index (χ4v) is 2.70. The minimum absolute atomic E-state index is 0.0275. The summed E-state index contributed by atoms with van der Waals surface area (Å²) in [4.78, 5) is 12.2. The molecule has 0 saturated carbocycles. The summed E-state index contributed by atoms with van der Waals surface area (Å²) < 4.78 is 11.3. The molecule has 1 heterocycles. The zero-order chi connectivity index (χ0) is 14.6. The highest BCUT2D eigenvalue weighted by Gasteiger charge is 2.31. The van der Waals surface area contributed by atoms with Gasteiger partial charge in [-0.3, -0.25) is 4.79 Å². The Bertz CT molecular complexity index is 288. The standard InChI is InChI=1S/C15H29NO3/c1-10-6-13(7-11(2)18-10)19-14(17)12(9-16)8-15(3,4)5/h10-13H,6-9,16H2,1-5H3. The number of nitrogens with two attached hydrogens (primary N) is 1. The summed E-state index contributed by atoms with van der Waals surface area (Å²) in [5, 5.41) is 0. The lowest BCUT2D eigenvalue weighted by Crippen LogP contribution is -2.38. The summed E-state index contributed by atoms with van der Waals surface area (Å²) in [6.45, 7) is 10.7. The Labute approximate surface area is 117 Å². The van der Waals surface area contributed by atoms with Gasteiger partial charge in [0.05, 0.1) is 18.1 Å². The highest BCUT2D eigenvalue weighted by atomic mass is 16.6. The molecule has 4 nitrogen and oxygen atoms in total. The van der Waals surface area contributed by atoms with Crippen LogP contribution in [0.1, 0.15) is 53.9 Å². The first kappa shape index (κ1) is 16.4. The Kier molecular flexibility index (Phi) is 5.81. The number of carbonyl (C=O) groups excluding carboxylic acids is 1. The second kappa shape index (κ2) is 6.71. The number of esters is 1. The van der Waals surface area contributed by atoms with Gasteiger partial charge in [-0.15, -0.1) is 0 Å². The van der Waals surface area contributed by atoms with Crippen LogP contribution in [-0.2, 0) is 14.3 Å². The third-order valence-corrected chi connectivity index (χ3v) is 3.41. The van der Waals surface area contributed by atoms with E-state index in [0.717, 1.165) is 19.3 Å². The van der Waals surface area contributed by atoms with Gasteiger partial charge in [-0.2, -0.15) is 0 Å². The maximum absolute atomic E-state index is 12.2. The molecular formula is C15H29NO3. The molecule has 1 rings (SSSR count). The first-order valence-electron chi connectivity index (χ1n) is 7.27. The van der Waals surface area contributed by atoms with E-state index in [2.05, 4.69) is 20.8 Å². The molecule has 4 heteroatoms. The second-order valence-electron chi connectivity index (χ2n) is 6.99. The summed E-state index contributed by atoms with van der Waals surface area (Å²) in [6, 6.07) is 0. The van der Waals surface area contributed by atoms with Crippen molar-refractivity contribution in [3.05, 3.63) is 0 Å². The summed E-state index contributed by atoms with van der Waals surface area (Å²) in [5.74, 6) is -0.350. The maximum Gasteiger partial charge on any atom is 0.310 e. The van der Waals surface area contributed by atoms with E-state index in [-0.39, 0.29) is 35.6 Å². The van der Waals surface area contributed by atoms with E-state index in [1.807, 2.05) is 13.8 Å². The fourth-order valence-electron chi connectivity index (χ4n) is 2.70. The molecular weight excluding hydrogens is 242 g/mol. The molecule has 0 spiro atoms. The van der Waals surface area contributed by atoms with Crippen LogP contribution in [0.3, 0.4) is 0 Å². The van der Waals surface area contributed by atoms with Crippen LogP contribution < -0.4 is 5.73 Å². The topological polar surface area (TPSA) is 61.5 Å². The van der Waals surface area contributed by atoms with Crippen LogP contribution in [0.2, 0.25) is 0 Å². The first-order valence-corrected chi connectivity index (χ1v) is 7.27. The largest absolute Gasteiger partial charge is 0.462 e. The lowest BCUT2D eigenvalue weighted by Gasteiger charge is -2.33. The molecule has 0 amide bonds. The molecule has 3 atom stereocenters. The van der Waals surface area contributed by atoms with Crippen molar-refractivity contribution in [2.75, 3.05) is 6.54 Å². The Morgan fingerprint density at radius 3 is 2.26 bits per heavy atom. The Morgan fingerprint density at radius 2 is 1.84 bits per heavy atom. The molecule has 112 valence electrons. The van der Waals surface area contributed by atoms with E-state index < -0.39 is 0 Å². The molecule has 0 bridgehead atoms. The molecule has 1 aliphatic rings. The molecule has 2 N–H and O–H groups in total. The van der Waals surface area contributed by atoms with Gasteiger partial charge in [0.25, 0.3) is 0 Å². The van der Waals surface area contributed by atoms with Gasteiger partial charge in [0.2, 0.25) is 0 Å². The predicted octanol–water partition coefficient (Wildman–Crippen LogP) is 2.50. The van der Waals surface area contributed by atoms with E-state index in [1.165, 1.54) is 0 Å². The van der Waals surface area contributed by atoms with Crippen molar-refractivity contribution in [3.8, 4) is 0 Å². The SMILES string of the molecule is CC1CC(OC(=O)C(CN)CC(C)(C)C)CC(C)O1. The normalized spacial score (nSPS) is 29.9. The van der Waals surface area contributed by atoms with E-state index in [9.17, 15) is 4.79 Å². The highest BCUT2D eigenvalue weighted by molar-refractivity contribution is 5.73. The third kappa shape index (κ3) is 5.91. The van der Waals surface area contributed by atoms with Crippen LogP contribution in [0, 0.1) is 11.3 Å². The molecule has 1 fully saturated rings. The van der Waals surface area contributed by atoms with Gasteiger partial charge in [0.15, 0.2) is 0 Å². The van der Waals surface area contributed by atoms with Crippen LogP contribution in [0.15, 0.2) is 0 Å². The number of hydrogen-bond donors (Lipinski definition) is 1. The van der Waals surface area contributed by atoms with Crippen LogP contribution in [-0.4, -0.2) is 30.8 Å². The van der Waals surface area contributed by atoms with Gasteiger partial charge >= 0.3 is 5.97 Å². The van der Waals surface area contributed by atoms with E-state index >= 15 is 0 Å². The summed E-state index contributed by atoms with van der Waals surface area (Å²) >= 11 is 0. The van der Waals surface area contributed by atoms with Gasteiger partial charge in [-0.25, -0.2) is 0 Å². The summed E-state index contributed by atoms with van der Waals surface area (Å²) in [5.41, 5.74) is 5.80. The van der Waals surface area contributed by atoms with Gasteiger partial charge in [0, 0.05) is 19.4 Å². The molecule has 1 saturated heterocycles. The average Bonchev–Trinajstić information content (AvgIpc) is 2.22. The number of carbonyl (C=O) groups is 1. The van der Waals surface area contributed by atoms with Crippen molar-refractivity contribution < 1.29 is 14.3 Å². The summed E-state index contributed by atoms with van der Waals surface area (Å²) in [6.07, 6.45) is 2.60. The smallest absolute Gasteiger partial charge is 0.310 e. The van der Waals surface area contributed by atoms with Crippen LogP contribution in [0.4, 0.5) is 0 Å². The van der Waals surface area contributed by atoms with Gasteiger partial charge in [0.1, 0.15) is 6.10 Å². The minimum atomic E-state index is -0.201. The van der Waals surface area contributed by atoms with Gasteiger partial charge in [-0.1, -0.05) is 20.8 Å². The number of hydrogen-bond acceptors (Lipinski definition) is 4. The highest BCUT2D eigenvalue weighted by Crippen LogP contribution is 2.27. The Morgan fingerprint density at radius 1 is 1.32 bits per heavy atom. The monoisotopic (exact) mass is 271 g/mol. The lowest BCUT2D eigenvalue weighted by molar-refractivity contribution is -0.165. The average molecular weight is 271 g/mol. The van der Waals surface area contributed by atoms with Crippen molar-refractivity contribution in [1.29, 1.82) is 0 Å². The second-order valence-corrected chi connectivity index (χ2v) is 6.99. The van der Waals surface area contributed by atoms with Crippen LogP contribution in [0.25, 0.3) is 0 Å². The van der Waals surface area contributed by atoms with Gasteiger partial charge < -0.3 is 15.2 Å². The van der Waals surface area contributed by atoms with E-state index in [1.54, 1.807) is 0 Å². The van der Waals surface area contributed by atoms with E-state index in [4.69, 9.17) is 15.2 Å². The van der Waals surface area contributed by atoms with E-state index in [0.29, 0.717) is 6.54 Å². The molecule has 0 aromatic rings. The fraction of sp³-hybridized carbons (Fsp3) is 0.933. The molecule has 0 aromatic heterocycles. The molecule has 3 unspecified atom stereocenters. The summed E-state index contributed by atoms with van der Waals surface area (Å²) in [7, 11) is 0. The molecule has 1 aliphatic heterocycles. The van der Waals surface area contributed by atoms with Crippen molar-refractivity contribution in [3.63, 3.8) is 0 Å². The van der Waals surface area contributed by atoms with Crippen LogP contribution in [0.5, 0.6) is 0 Å². The quantitative estimate of drug-likeness (QED) is 0.798. The van der Waals surface area contributed by atoms with Gasteiger partial charge in [-0.05, 0) is 25.7 Å². The third-order valence-electron chi connectivity index (χ3n) is 3.41.